The highest BCUT2D eigenvalue weighted by Gasteiger charge is 2.10. The van der Waals surface area contributed by atoms with Crippen LogP contribution in [-0.4, -0.2) is 53.6 Å². The number of piperidine rings is 1. The van der Waals surface area contributed by atoms with Crippen molar-refractivity contribution in [2.24, 2.45) is 4.99 Å². The smallest absolute Gasteiger partial charge is 0.191 e. The monoisotopic (exact) mass is 474 g/mol. The summed E-state index contributed by atoms with van der Waals surface area (Å²) >= 11 is 0. The van der Waals surface area contributed by atoms with Gasteiger partial charge >= 0.3 is 0 Å². The Labute approximate surface area is 209 Å². The number of benzene rings is 2. The van der Waals surface area contributed by atoms with Crippen LogP contribution in [0.1, 0.15) is 42.5 Å². The van der Waals surface area contributed by atoms with Crippen molar-refractivity contribution in [2.45, 2.75) is 45.2 Å². The number of nitrogens with one attached hydrogen (secondary N) is 3. The number of aliphatic imine (C=N–C) groups is 1. The van der Waals surface area contributed by atoms with E-state index in [0.717, 1.165) is 49.9 Å². The van der Waals surface area contributed by atoms with E-state index in [2.05, 4.69) is 61.9 Å². The van der Waals surface area contributed by atoms with Gasteiger partial charge in [0, 0.05) is 37.9 Å². The summed E-state index contributed by atoms with van der Waals surface area (Å²) in [7, 11) is 0. The molecule has 35 heavy (non-hydrogen) atoms. The minimum Gasteiger partial charge on any atom is -0.494 e. The third-order valence-corrected chi connectivity index (χ3v) is 6.14. The number of H-pyrrole nitrogens is 1. The summed E-state index contributed by atoms with van der Waals surface area (Å²) in [4.78, 5) is 14.5. The van der Waals surface area contributed by atoms with Gasteiger partial charge in [-0.15, -0.1) is 0 Å². The second-order valence-corrected chi connectivity index (χ2v) is 9.02. The maximum atomic E-state index is 6.05. The Hall–Kier alpha value is -3.32. The Bertz CT molecular complexity index is 999. The van der Waals surface area contributed by atoms with Gasteiger partial charge in [-0.05, 0) is 55.6 Å². The molecule has 0 unspecified atom stereocenters. The molecule has 7 heteroatoms. The van der Waals surface area contributed by atoms with Crippen LogP contribution in [0.5, 0.6) is 5.75 Å². The molecule has 1 aromatic heterocycles. The first-order valence-electron chi connectivity index (χ1n) is 12.8. The van der Waals surface area contributed by atoms with E-state index < -0.39 is 0 Å². The predicted octanol–water partition coefficient (Wildman–Crippen LogP) is 4.14. The molecule has 0 amide bonds. The van der Waals surface area contributed by atoms with Crippen molar-refractivity contribution in [1.29, 1.82) is 0 Å². The minimum absolute atomic E-state index is 0.639. The highest BCUT2D eigenvalue weighted by atomic mass is 16.5. The van der Waals surface area contributed by atoms with Crippen LogP contribution in [0, 0.1) is 0 Å². The molecule has 1 saturated heterocycles. The molecule has 0 atom stereocenters. The molecule has 186 valence electrons. The molecular formula is C28H38N6O. The van der Waals surface area contributed by atoms with Crippen molar-refractivity contribution in [3.8, 4) is 5.75 Å². The second kappa shape index (κ2) is 14.2. The summed E-state index contributed by atoms with van der Waals surface area (Å²) in [6.07, 6.45) is 9.32. The van der Waals surface area contributed by atoms with Crippen molar-refractivity contribution >= 4 is 5.96 Å². The molecular weight excluding hydrogens is 436 g/mol. The lowest BCUT2D eigenvalue weighted by molar-refractivity contribution is 0.220. The van der Waals surface area contributed by atoms with Crippen LogP contribution in [0.3, 0.4) is 0 Å². The van der Waals surface area contributed by atoms with Crippen LogP contribution in [0.2, 0.25) is 0 Å². The second-order valence-electron chi connectivity index (χ2n) is 9.02. The molecule has 0 bridgehead atoms. The van der Waals surface area contributed by atoms with E-state index in [1.165, 1.54) is 43.5 Å². The third kappa shape index (κ3) is 9.09. The highest BCUT2D eigenvalue weighted by Crippen LogP contribution is 2.17. The first-order valence-corrected chi connectivity index (χ1v) is 12.8. The first kappa shape index (κ1) is 24.8. The lowest BCUT2D eigenvalue weighted by Gasteiger charge is -2.26. The molecule has 1 aliphatic rings. The van der Waals surface area contributed by atoms with Crippen molar-refractivity contribution in [2.75, 3.05) is 32.8 Å². The van der Waals surface area contributed by atoms with Gasteiger partial charge < -0.3 is 20.4 Å². The van der Waals surface area contributed by atoms with E-state index in [-0.39, 0.29) is 0 Å². The molecule has 7 nitrogen and oxygen atoms in total. The van der Waals surface area contributed by atoms with Gasteiger partial charge in [0.05, 0.1) is 19.5 Å². The van der Waals surface area contributed by atoms with Crippen LogP contribution >= 0.6 is 0 Å². The number of nitrogens with zero attached hydrogens (tertiary/aromatic N) is 3. The van der Waals surface area contributed by atoms with Gasteiger partial charge in [0.15, 0.2) is 5.96 Å². The van der Waals surface area contributed by atoms with Gasteiger partial charge in [-0.3, -0.25) is 4.90 Å². The van der Waals surface area contributed by atoms with Gasteiger partial charge in [0.2, 0.25) is 0 Å². The number of guanidine groups is 1. The molecule has 0 radical (unpaired) electrons. The fraction of sp³-hybridized carbons (Fsp3) is 0.429. The number of aromatic nitrogens is 2. The molecule has 1 fully saturated rings. The van der Waals surface area contributed by atoms with Gasteiger partial charge in [0.25, 0.3) is 0 Å². The summed E-state index contributed by atoms with van der Waals surface area (Å²) in [5.41, 5.74) is 3.63. The Morgan fingerprint density at radius 3 is 2.63 bits per heavy atom. The van der Waals surface area contributed by atoms with Gasteiger partial charge in [-0.1, -0.05) is 48.9 Å². The van der Waals surface area contributed by atoms with Crippen LogP contribution in [0.15, 0.2) is 72.1 Å². The molecule has 2 aromatic carbocycles. The summed E-state index contributed by atoms with van der Waals surface area (Å²) in [5.74, 6) is 1.77. The Balaban J connectivity index is 1.20. The van der Waals surface area contributed by atoms with E-state index in [1.807, 2.05) is 24.4 Å². The quantitative estimate of drug-likeness (QED) is 0.209. The molecule has 3 N–H and O–H groups in total. The van der Waals surface area contributed by atoms with Gasteiger partial charge in [-0.25, -0.2) is 9.98 Å². The largest absolute Gasteiger partial charge is 0.494 e. The Morgan fingerprint density at radius 2 is 1.80 bits per heavy atom. The Morgan fingerprint density at radius 1 is 0.971 bits per heavy atom. The van der Waals surface area contributed by atoms with Crippen LogP contribution < -0.4 is 15.4 Å². The lowest BCUT2D eigenvalue weighted by Crippen LogP contribution is -2.39. The van der Waals surface area contributed by atoms with Crippen LogP contribution in [0.25, 0.3) is 0 Å². The third-order valence-electron chi connectivity index (χ3n) is 6.14. The molecule has 4 rings (SSSR count). The lowest BCUT2D eigenvalue weighted by atomic mass is 10.1. The fourth-order valence-corrected chi connectivity index (χ4v) is 4.24. The highest BCUT2D eigenvalue weighted by molar-refractivity contribution is 5.79. The minimum atomic E-state index is 0.639. The number of aromatic amines is 1. The average molecular weight is 475 g/mol. The van der Waals surface area contributed by atoms with Crippen molar-refractivity contribution in [3.63, 3.8) is 0 Å². The maximum Gasteiger partial charge on any atom is 0.191 e. The molecule has 2 heterocycles. The first-order chi connectivity index (χ1) is 17.3. The Kier molecular flexibility index (Phi) is 10.0. The number of ether oxygens (including phenoxy) is 1. The SMILES string of the molecule is c1ccc(CN=C(NCCCOc2cccc(CN3CCCCC3)c2)NCCc2cnc[nH]2)cc1. The molecule has 1 aliphatic heterocycles. The van der Waals surface area contributed by atoms with Crippen molar-refractivity contribution < 1.29 is 4.74 Å². The van der Waals surface area contributed by atoms with Gasteiger partial charge in [-0.2, -0.15) is 0 Å². The summed E-state index contributed by atoms with van der Waals surface area (Å²) in [5, 5.41) is 6.88. The number of hydrogen-bond donors (Lipinski definition) is 3. The standard InChI is InChI=1S/C28H38N6O/c1-3-9-24(10-4-1)20-32-28(31-15-13-26-21-29-23-33-26)30-14-8-18-35-27-12-7-11-25(19-27)22-34-16-5-2-6-17-34/h1,3-4,7,9-12,19,21,23H,2,5-6,8,13-18,20,22H2,(H,29,33)(H2,30,31,32). The van der Waals surface area contributed by atoms with E-state index >= 15 is 0 Å². The number of hydrogen-bond acceptors (Lipinski definition) is 4. The zero-order valence-electron chi connectivity index (χ0n) is 20.6. The average Bonchev–Trinajstić information content (AvgIpc) is 3.42. The topological polar surface area (TPSA) is 77.6 Å². The van der Waals surface area contributed by atoms with E-state index in [1.54, 1.807) is 6.33 Å². The van der Waals surface area contributed by atoms with E-state index in [4.69, 9.17) is 9.73 Å². The number of imidazole rings is 1. The number of likely N-dealkylation sites (tertiary alicyclic amines) is 1. The number of rotatable bonds is 12. The summed E-state index contributed by atoms with van der Waals surface area (Å²) in [6.45, 7) is 6.31. The molecule has 0 aliphatic carbocycles. The van der Waals surface area contributed by atoms with E-state index in [9.17, 15) is 0 Å². The normalized spacial score (nSPS) is 14.6. The fourth-order valence-electron chi connectivity index (χ4n) is 4.24. The van der Waals surface area contributed by atoms with Gasteiger partial charge in [0.1, 0.15) is 5.75 Å². The van der Waals surface area contributed by atoms with Crippen LogP contribution in [-0.2, 0) is 19.5 Å². The summed E-state index contributed by atoms with van der Waals surface area (Å²) < 4.78 is 6.05. The predicted molar refractivity (Wildman–Crippen MR) is 142 cm³/mol. The zero-order chi connectivity index (χ0) is 24.0. The van der Waals surface area contributed by atoms with E-state index in [0.29, 0.717) is 13.2 Å². The van der Waals surface area contributed by atoms with Crippen molar-refractivity contribution in [1.82, 2.24) is 25.5 Å². The molecule has 0 spiro atoms. The van der Waals surface area contributed by atoms with Crippen LogP contribution in [0.4, 0.5) is 0 Å². The summed E-state index contributed by atoms with van der Waals surface area (Å²) in [6, 6.07) is 18.8. The molecule has 0 saturated carbocycles. The molecule has 3 aromatic rings. The maximum absolute atomic E-state index is 6.05. The zero-order valence-corrected chi connectivity index (χ0v) is 20.6. The van der Waals surface area contributed by atoms with Crippen molar-refractivity contribution in [3.05, 3.63) is 83.9 Å².